The number of rotatable bonds is 17. The third-order valence-electron chi connectivity index (χ3n) is 12.6. The van der Waals surface area contributed by atoms with Gasteiger partial charge in [-0.25, -0.2) is 18.8 Å². The second-order valence-electron chi connectivity index (χ2n) is 17.4. The Bertz CT molecular complexity index is 2910. The van der Waals surface area contributed by atoms with Gasteiger partial charge in [-0.3, -0.25) is 18.8 Å². The lowest BCUT2D eigenvalue weighted by atomic mass is 9.89. The monoisotopic (exact) mass is 935 g/mol. The number of piperidine rings is 1. The summed E-state index contributed by atoms with van der Waals surface area (Å²) >= 11 is 6.57. The number of benzene rings is 5. The highest BCUT2D eigenvalue weighted by Gasteiger charge is 2.31. The molecule has 0 saturated carbocycles. The highest BCUT2D eigenvalue weighted by atomic mass is 35.5. The molecule has 0 aliphatic carbocycles. The summed E-state index contributed by atoms with van der Waals surface area (Å²) < 4.78 is 30.0. The number of likely N-dealkylation sites (tertiary alicyclic amines) is 1. The van der Waals surface area contributed by atoms with Crippen LogP contribution in [0.25, 0.3) is 28.0 Å². The smallest absolute Gasteiger partial charge is 0.407 e. The maximum absolute atomic E-state index is 16.3. The number of aryl methyl sites for hydroxylation is 1. The van der Waals surface area contributed by atoms with E-state index < -0.39 is 23.5 Å². The lowest BCUT2D eigenvalue weighted by Crippen LogP contribution is -2.43. The molecule has 2 aromatic heterocycles. The number of ether oxygens (including phenoxy) is 2. The van der Waals surface area contributed by atoms with Crippen LogP contribution < -0.4 is 11.0 Å². The number of nitrogens with one attached hydrogen (secondary N) is 1. The highest BCUT2D eigenvalue weighted by Crippen LogP contribution is 2.37. The number of fused-ring (bicyclic) bond motifs is 1. The molecule has 0 spiro atoms. The molecule has 0 radical (unpaired) electrons. The number of esters is 1. The highest BCUT2D eigenvalue weighted by molar-refractivity contribution is 6.31. The summed E-state index contributed by atoms with van der Waals surface area (Å²) in [6.45, 7) is 5.45. The maximum Gasteiger partial charge on any atom is 0.407 e. The van der Waals surface area contributed by atoms with Crippen molar-refractivity contribution >= 4 is 40.6 Å². The summed E-state index contributed by atoms with van der Waals surface area (Å²) in [7, 11) is 0. The van der Waals surface area contributed by atoms with E-state index in [1.165, 1.54) is 9.13 Å². The average molecular weight is 937 g/mol. The molecule has 0 unspecified atom stereocenters. The Labute approximate surface area is 400 Å². The second kappa shape index (κ2) is 22.3. The summed E-state index contributed by atoms with van der Waals surface area (Å²) in [5.74, 6) is -1.51. The van der Waals surface area contributed by atoms with Crippen LogP contribution in [-0.2, 0) is 22.5 Å². The van der Waals surface area contributed by atoms with Gasteiger partial charge in [0.05, 0.1) is 28.6 Å². The summed E-state index contributed by atoms with van der Waals surface area (Å²) in [5.41, 5.74) is 3.97. The summed E-state index contributed by atoms with van der Waals surface area (Å²) in [4.78, 5) is 60.4. The van der Waals surface area contributed by atoms with E-state index in [-0.39, 0.29) is 52.6 Å². The van der Waals surface area contributed by atoms with E-state index in [0.29, 0.717) is 48.1 Å². The number of carbonyl (C=O) groups is 3. The zero-order chi connectivity index (χ0) is 47.6. The lowest BCUT2D eigenvalue weighted by molar-refractivity contribution is 0.0349. The predicted molar refractivity (Wildman–Crippen MR) is 263 cm³/mol. The van der Waals surface area contributed by atoms with Gasteiger partial charge in [0, 0.05) is 40.8 Å². The second-order valence-corrected chi connectivity index (χ2v) is 17.8. The van der Waals surface area contributed by atoms with Gasteiger partial charge in [0.1, 0.15) is 6.61 Å². The van der Waals surface area contributed by atoms with Crippen molar-refractivity contribution in [3.05, 3.63) is 189 Å². The van der Waals surface area contributed by atoms with Crippen molar-refractivity contribution in [3.8, 4) is 16.9 Å². The molecule has 5 aromatic carbocycles. The molecule has 1 fully saturated rings. The molecule has 68 heavy (non-hydrogen) atoms. The molecular formula is C55H55ClFN5O6. The van der Waals surface area contributed by atoms with Gasteiger partial charge in [-0.05, 0) is 136 Å². The molecule has 1 N–H and O–H groups in total. The minimum Gasteiger partial charge on any atom is -0.462 e. The van der Waals surface area contributed by atoms with Crippen molar-refractivity contribution in [1.29, 1.82) is 0 Å². The van der Waals surface area contributed by atoms with Gasteiger partial charge in [-0.2, -0.15) is 4.98 Å². The fourth-order valence-corrected chi connectivity index (χ4v) is 9.44. The molecule has 1 saturated heterocycles. The number of alkyl carbamates (subject to hydrolysis) is 1. The van der Waals surface area contributed by atoms with Crippen molar-refractivity contribution in [1.82, 2.24) is 24.3 Å². The van der Waals surface area contributed by atoms with Gasteiger partial charge < -0.3 is 14.8 Å². The standard InChI is InChI=1S/C55H55ClFN5O6/c1-3-30-60-44(29-31-67-53(64)42-21-11-6-12-22-42)23-14-24-48(60)40-25-27-45(28-26-40)61-35-43-34-49(62(51(43)59-54(61)65)52(63)41-19-9-5-10-20-41)46-32-39(33-47(56)50(46)57)18-13-15-37(2)58-55(66)68-36-38-16-7-4-8-17-38/h4-12,16-17,19-22,25-28,32-35,37,44,48H,3,13-15,18,23-24,29-31,36H2,1-2H3,(H,58,66)/t37-,44-,48-/m0/s1. The molecule has 3 atom stereocenters. The van der Waals surface area contributed by atoms with Crippen LogP contribution >= 0.6 is 11.6 Å². The van der Waals surface area contributed by atoms with Crippen LogP contribution in [0.1, 0.15) is 102 Å². The predicted octanol–water partition coefficient (Wildman–Crippen LogP) is 11.5. The van der Waals surface area contributed by atoms with Crippen molar-refractivity contribution in [2.45, 2.75) is 89.9 Å². The Kier molecular flexibility index (Phi) is 15.6. The van der Waals surface area contributed by atoms with Crippen molar-refractivity contribution in [2.75, 3.05) is 13.2 Å². The van der Waals surface area contributed by atoms with Gasteiger partial charge in [0.25, 0.3) is 5.91 Å². The van der Waals surface area contributed by atoms with Gasteiger partial charge >= 0.3 is 17.8 Å². The third-order valence-corrected chi connectivity index (χ3v) is 12.8. The van der Waals surface area contributed by atoms with Crippen LogP contribution in [-0.4, -0.2) is 62.2 Å². The first-order valence-corrected chi connectivity index (χ1v) is 23.7. The average Bonchev–Trinajstić information content (AvgIpc) is 3.73. The first-order valence-electron chi connectivity index (χ1n) is 23.4. The van der Waals surface area contributed by atoms with Crippen LogP contribution in [0.5, 0.6) is 0 Å². The van der Waals surface area contributed by atoms with Crippen LogP contribution in [0.15, 0.2) is 144 Å². The zero-order valence-electron chi connectivity index (χ0n) is 38.3. The minimum absolute atomic E-state index is 0.0876. The van der Waals surface area contributed by atoms with Crippen LogP contribution in [0, 0.1) is 5.82 Å². The van der Waals surface area contributed by atoms with E-state index in [9.17, 15) is 19.2 Å². The number of hydrogen-bond donors (Lipinski definition) is 1. The summed E-state index contributed by atoms with van der Waals surface area (Å²) in [6.07, 6.45) is 7.60. The number of aromatic nitrogens is 3. The van der Waals surface area contributed by atoms with Gasteiger partial charge in [0.2, 0.25) is 0 Å². The van der Waals surface area contributed by atoms with E-state index in [1.807, 2.05) is 79.7 Å². The Balaban J connectivity index is 1.02. The van der Waals surface area contributed by atoms with E-state index >= 15 is 4.39 Å². The van der Waals surface area contributed by atoms with Gasteiger partial charge in [-0.1, -0.05) is 97.4 Å². The molecule has 350 valence electrons. The molecule has 1 amide bonds. The van der Waals surface area contributed by atoms with E-state index in [1.54, 1.807) is 66.9 Å². The Morgan fingerprint density at radius 2 is 1.54 bits per heavy atom. The van der Waals surface area contributed by atoms with Crippen LogP contribution in [0.2, 0.25) is 5.02 Å². The Morgan fingerprint density at radius 1 is 0.853 bits per heavy atom. The van der Waals surface area contributed by atoms with Gasteiger partial charge in [0.15, 0.2) is 11.5 Å². The third kappa shape index (κ3) is 11.3. The first kappa shape index (κ1) is 47.6. The molecule has 7 aromatic rings. The molecule has 3 heterocycles. The fraction of sp³-hybridized carbons (Fsp3) is 0.291. The number of nitrogens with zero attached hydrogens (tertiary/aromatic N) is 4. The van der Waals surface area contributed by atoms with Crippen molar-refractivity contribution in [2.24, 2.45) is 0 Å². The number of amides is 1. The number of hydrogen-bond acceptors (Lipinski definition) is 8. The Morgan fingerprint density at radius 3 is 2.25 bits per heavy atom. The number of carbonyl (C=O) groups excluding carboxylic acids is 3. The zero-order valence-corrected chi connectivity index (χ0v) is 39.0. The van der Waals surface area contributed by atoms with E-state index in [0.717, 1.165) is 55.3 Å². The van der Waals surface area contributed by atoms with Crippen molar-refractivity contribution < 1.29 is 28.2 Å². The van der Waals surface area contributed by atoms with Crippen LogP contribution in [0.4, 0.5) is 9.18 Å². The molecule has 13 heteroatoms. The minimum atomic E-state index is -0.711. The molecule has 11 nitrogen and oxygen atoms in total. The van der Waals surface area contributed by atoms with Crippen LogP contribution in [0.3, 0.4) is 0 Å². The lowest BCUT2D eigenvalue weighted by Gasteiger charge is -2.42. The molecule has 1 aliphatic heterocycles. The van der Waals surface area contributed by atoms with Crippen molar-refractivity contribution in [3.63, 3.8) is 0 Å². The van der Waals surface area contributed by atoms with E-state index in [4.69, 9.17) is 21.1 Å². The summed E-state index contributed by atoms with van der Waals surface area (Å²) in [6, 6.07) is 40.1. The molecule has 8 rings (SSSR count). The summed E-state index contributed by atoms with van der Waals surface area (Å²) in [5, 5.41) is 3.20. The molecule has 1 aliphatic rings. The van der Waals surface area contributed by atoms with E-state index in [2.05, 4.69) is 22.1 Å². The number of halogens is 2. The normalized spacial score (nSPS) is 15.5. The molecule has 0 bridgehead atoms. The topological polar surface area (TPSA) is 125 Å². The first-order chi connectivity index (χ1) is 33.1. The maximum atomic E-state index is 16.3. The Hall–Kier alpha value is -6.89. The quantitative estimate of drug-likeness (QED) is 0.0895. The van der Waals surface area contributed by atoms with Gasteiger partial charge in [-0.15, -0.1) is 0 Å². The molecular weight excluding hydrogens is 881 g/mol. The largest absolute Gasteiger partial charge is 0.462 e. The fourth-order valence-electron chi connectivity index (χ4n) is 9.19. The SMILES string of the molecule is CCCN1[C@H](CCOC(=O)c2ccccc2)CCC[C@H]1c1ccc(-n2cc3cc(-c4cc(CCC[C@H](C)NC(=O)OCc5ccccc5)cc(Cl)c4F)n(C(=O)c4ccccc4)c3nc2=O)cc1.